The lowest BCUT2D eigenvalue weighted by molar-refractivity contribution is 0.318. The Bertz CT molecular complexity index is 583. The first kappa shape index (κ1) is 16.0. The van der Waals surface area contributed by atoms with Gasteiger partial charge >= 0.3 is 0 Å². The molecule has 114 valence electrons. The van der Waals surface area contributed by atoms with E-state index in [4.69, 9.17) is 10.5 Å². The van der Waals surface area contributed by atoms with Crippen LogP contribution in [-0.2, 0) is 19.9 Å². The molecule has 1 aromatic carbocycles. The van der Waals surface area contributed by atoms with E-state index < -0.39 is 0 Å². The van der Waals surface area contributed by atoms with Gasteiger partial charge in [-0.05, 0) is 42.7 Å². The second-order valence-electron chi connectivity index (χ2n) is 5.17. The van der Waals surface area contributed by atoms with Crippen molar-refractivity contribution >= 4 is 15.9 Å². The zero-order valence-electron chi connectivity index (χ0n) is 12.6. The molecular weight excluding hydrogens is 330 g/mol. The predicted molar refractivity (Wildman–Crippen MR) is 88.5 cm³/mol. The molecule has 2 rings (SSSR count). The first-order valence-electron chi connectivity index (χ1n) is 7.23. The SMILES string of the molecule is CCC(N)Cc1cc(OCCc2ccnn2C)ccc1Br. The molecule has 2 aromatic rings. The Morgan fingerprint density at radius 1 is 1.38 bits per heavy atom. The van der Waals surface area contributed by atoms with Gasteiger partial charge in [-0.1, -0.05) is 22.9 Å². The highest BCUT2D eigenvalue weighted by Gasteiger charge is 2.07. The lowest BCUT2D eigenvalue weighted by atomic mass is 10.0. The average molecular weight is 352 g/mol. The number of hydrogen-bond donors (Lipinski definition) is 1. The van der Waals surface area contributed by atoms with Crippen LogP contribution in [0.3, 0.4) is 0 Å². The maximum absolute atomic E-state index is 6.03. The molecule has 0 bridgehead atoms. The van der Waals surface area contributed by atoms with Crippen molar-refractivity contribution in [1.82, 2.24) is 9.78 Å². The molecule has 21 heavy (non-hydrogen) atoms. The van der Waals surface area contributed by atoms with Crippen molar-refractivity contribution in [2.45, 2.75) is 32.2 Å². The number of nitrogens with two attached hydrogens (primary N) is 1. The lowest BCUT2D eigenvalue weighted by Gasteiger charge is -2.13. The van der Waals surface area contributed by atoms with Gasteiger partial charge in [0.15, 0.2) is 0 Å². The second kappa shape index (κ2) is 7.61. The lowest BCUT2D eigenvalue weighted by Crippen LogP contribution is -2.21. The summed E-state index contributed by atoms with van der Waals surface area (Å²) < 4.78 is 8.80. The number of benzene rings is 1. The number of aryl methyl sites for hydroxylation is 1. The van der Waals surface area contributed by atoms with E-state index in [9.17, 15) is 0 Å². The Morgan fingerprint density at radius 3 is 2.86 bits per heavy atom. The third-order valence-corrected chi connectivity index (χ3v) is 4.35. The fourth-order valence-corrected chi connectivity index (χ4v) is 2.55. The molecule has 0 saturated heterocycles. The molecule has 0 radical (unpaired) electrons. The number of nitrogens with zero attached hydrogens (tertiary/aromatic N) is 2. The quantitative estimate of drug-likeness (QED) is 0.833. The van der Waals surface area contributed by atoms with Gasteiger partial charge < -0.3 is 10.5 Å². The minimum atomic E-state index is 0.186. The minimum Gasteiger partial charge on any atom is -0.493 e. The van der Waals surface area contributed by atoms with Crippen molar-refractivity contribution in [3.63, 3.8) is 0 Å². The van der Waals surface area contributed by atoms with Crippen LogP contribution < -0.4 is 10.5 Å². The first-order valence-corrected chi connectivity index (χ1v) is 8.03. The highest BCUT2D eigenvalue weighted by molar-refractivity contribution is 9.10. The highest BCUT2D eigenvalue weighted by atomic mass is 79.9. The van der Waals surface area contributed by atoms with Crippen molar-refractivity contribution < 1.29 is 4.74 Å². The summed E-state index contributed by atoms with van der Waals surface area (Å²) in [5, 5.41) is 4.15. The van der Waals surface area contributed by atoms with Gasteiger partial charge in [-0.2, -0.15) is 5.10 Å². The summed E-state index contributed by atoms with van der Waals surface area (Å²) in [6.07, 6.45) is 4.48. The molecule has 4 nitrogen and oxygen atoms in total. The molecule has 1 atom stereocenters. The average Bonchev–Trinajstić information content (AvgIpc) is 2.88. The van der Waals surface area contributed by atoms with E-state index >= 15 is 0 Å². The minimum absolute atomic E-state index is 0.186. The molecule has 1 unspecified atom stereocenters. The van der Waals surface area contributed by atoms with Crippen LogP contribution in [-0.4, -0.2) is 22.4 Å². The van der Waals surface area contributed by atoms with Crippen LogP contribution in [0.4, 0.5) is 0 Å². The van der Waals surface area contributed by atoms with E-state index in [-0.39, 0.29) is 6.04 Å². The van der Waals surface area contributed by atoms with Gasteiger partial charge in [0.25, 0.3) is 0 Å². The number of halogens is 1. The smallest absolute Gasteiger partial charge is 0.119 e. The van der Waals surface area contributed by atoms with Crippen molar-refractivity contribution in [3.8, 4) is 5.75 Å². The summed E-state index contributed by atoms with van der Waals surface area (Å²) in [5.41, 5.74) is 8.40. The summed E-state index contributed by atoms with van der Waals surface area (Å²) in [6, 6.07) is 8.27. The van der Waals surface area contributed by atoms with E-state index in [1.807, 2.05) is 29.9 Å². The van der Waals surface area contributed by atoms with Gasteiger partial charge in [0.05, 0.1) is 6.61 Å². The largest absolute Gasteiger partial charge is 0.493 e. The Morgan fingerprint density at radius 2 is 2.19 bits per heavy atom. The Balaban J connectivity index is 1.94. The van der Waals surface area contributed by atoms with Crippen molar-refractivity contribution in [1.29, 1.82) is 0 Å². The van der Waals surface area contributed by atoms with Crippen LogP contribution in [0, 0.1) is 0 Å². The van der Waals surface area contributed by atoms with E-state index in [2.05, 4.69) is 34.0 Å². The van der Waals surface area contributed by atoms with Crippen molar-refractivity contribution in [2.75, 3.05) is 6.61 Å². The number of rotatable bonds is 7. The Kier molecular flexibility index (Phi) is 5.82. The van der Waals surface area contributed by atoms with Crippen LogP contribution in [0.5, 0.6) is 5.75 Å². The Labute approximate surface area is 134 Å². The summed E-state index contributed by atoms with van der Waals surface area (Å²) in [5.74, 6) is 0.888. The molecule has 0 fully saturated rings. The summed E-state index contributed by atoms with van der Waals surface area (Å²) >= 11 is 3.57. The first-order chi connectivity index (χ1) is 10.1. The van der Waals surface area contributed by atoms with Gasteiger partial charge in [-0.15, -0.1) is 0 Å². The fraction of sp³-hybridized carbons (Fsp3) is 0.438. The molecule has 0 aliphatic heterocycles. The van der Waals surface area contributed by atoms with E-state index in [0.717, 1.165) is 29.5 Å². The van der Waals surface area contributed by atoms with E-state index in [1.165, 1.54) is 11.3 Å². The molecule has 0 spiro atoms. The fourth-order valence-electron chi connectivity index (χ4n) is 2.14. The van der Waals surface area contributed by atoms with Crippen LogP contribution in [0.2, 0.25) is 0 Å². The normalized spacial score (nSPS) is 12.4. The third kappa shape index (κ3) is 4.58. The zero-order chi connectivity index (χ0) is 15.2. The van der Waals surface area contributed by atoms with E-state index in [0.29, 0.717) is 6.61 Å². The highest BCUT2D eigenvalue weighted by Crippen LogP contribution is 2.24. The molecule has 0 aliphatic rings. The molecule has 1 aromatic heterocycles. The zero-order valence-corrected chi connectivity index (χ0v) is 14.1. The molecule has 0 aliphatic carbocycles. The van der Waals surface area contributed by atoms with Crippen LogP contribution in [0.15, 0.2) is 34.9 Å². The van der Waals surface area contributed by atoms with Crippen LogP contribution in [0.1, 0.15) is 24.6 Å². The summed E-state index contributed by atoms with van der Waals surface area (Å²) in [4.78, 5) is 0. The molecule has 0 saturated carbocycles. The van der Waals surface area contributed by atoms with E-state index in [1.54, 1.807) is 6.20 Å². The van der Waals surface area contributed by atoms with Gasteiger partial charge in [-0.3, -0.25) is 4.68 Å². The molecule has 5 heteroatoms. The summed E-state index contributed by atoms with van der Waals surface area (Å²) in [6.45, 7) is 2.74. The Hall–Kier alpha value is -1.33. The third-order valence-electron chi connectivity index (χ3n) is 3.57. The predicted octanol–water partition coefficient (Wildman–Crippen LogP) is 3.08. The standard InChI is InChI=1S/C16H22BrN3O/c1-3-13(18)10-12-11-15(4-5-16(12)17)21-9-7-14-6-8-19-20(14)2/h4-6,8,11,13H,3,7,9-10,18H2,1-2H3. The molecule has 2 N–H and O–H groups in total. The maximum atomic E-state index is 6.03. The molecular formula is C16H22BrN3O. The monoisotopic (exact) mass is 351 g/mol. The second-order valence-corrected chi connectivity index (χ2v) is 6.02. The number of aromatic nitrogens is 2. The van der Waals surface area contributed by atoms with Crippen molar-refractivity contribution in [3.05, 3.63) is 46.2 Å². The van der Waals surface area contributed by atoms with Crippen LogP contribution >= 0.6 is 15.9 Å². The molecule has 1 heterocycles. The summed E-state index contributed by atoms with van der Waals surface area (Å²) in [7, 11) is 1.94. The van der Waals surface area contributed by atoms with Crippen molar-refractivity contribution in [2.24, 2.45) is 12.8 Å². The number of hydrogen-bond acceptors (Lipinski definition) is 3. The van der Waals surface area contributed by atoms with Crippen LogP contribution in [0.25, 0.3) is 0 Å². The van der Waals surface area contributed by atoms with Gasteiger partial charge in [0, 0.05) is 35.9 Å². The molecule has 0 amide bonds. The van der Waals surface area contributed by atoms with Gasteiger partial charge in [0.1, 0.15) is 5.75 Å². The number of ether oxygens (including phenoxy) is 1. The van der Waals surface area contributed by atoms with Gasteiger partial charge in [0.2, 0.25) is 0 Å². The topological polar surface area (TPSA) is 53.1 Å². The van der Waals surface area contributed by atoms with Gasteiger partial charge in [-0.25, -0.2) is 0 Å². The maximum Gasteiger partial charge on any atom is 0.119 e.